The van der Waals surface area contributed by atoms with Gasteiger partial charge in [0.25, 0.3) is 0 Å². The predicted octanol–water partition coefficient (Wildman–Crippen LogP) is 2.76. The summed E-state index contributed by atoms with van der Waals surface area (Å²) in [4.78, 5) is 0. The lowest BCUT2D eigenvalue weighted by atomic mass is 9.95. The Kier molecular flexibility index (Phi) is 3.21. The molecule has 0 saturated heterocycles. The van der Waals surface area contributed by atoms with E-state index in [4.69, 9.17) is 0 Å². The third kappa shape index (κ3) is 2.10. The highest BCUT2D eigenvalue weighted by atomic mass is 19.1. The topological polar surface area (TPSA) is 20.2 Å². The molecule has 0 radical (unpaired) electrons. The molecule has 3 heteroatoms. The van der Waals surface area contributed by atoms with Crippen molar-refractivity contribution in [3.63, 3.8) is 0 Å². The van der Waals surface area contributed by atoms with Gasteiger partial charge in [-0.25, -0.2) is 8.78 Å². The molecule has 1 aromatic carbocycles. The molecule has 2 atom stereocenters. The smallest absolute Gasteiger partial charge is 0.127 e. The maximum atomic E-state index is 13.4. The van der Waals surface area contributed by atoms with Crippen LogP contribution in [0, 0.1) is 18.6 Å². The number of aliphatic hydroxyl groups is 1. The predicted molar refractivity (Wildman–Crippen MR) is 51.2 cm³/mol. The molecule has 1 N–H and O–H groups in total. The van der Waals surface area contributed by atoms with Gasteiger partial charge in [-0.2, -0.15) is 0 Å². The van der Waals surface area contributed by atoms with Crippen molar-refractivity contribution in [3.8, 4) is 0 Å². The average Bonchev–Trinajstić information content (AvgIpc) is 2.10. The first-order valence-corrected chi connectivity index (χ1v) is 4.57. The van der Waals surface area contributed by atoms with Gasteiger partial charge in [-0.15, -0.1) is 0 Å². The zero-order valence-electron chi connectivity index (χ0n) is 8.51. The Morgan fingerprint density at radius 1 is 1.14 bits per heavy atom. The Hall–Kier alpha value is -0.960. The van der Waals surface area contributed by atoms with Crippen LogP contribution in [0.5, 0.6) is 0 Å². The summed E-state index contributed by atoms with van der Waals surface area (Å²) in [6, 6.07) is 2.31. The quantitative estimate of drug-likeness (QED) is 0.778. The Balaban J connectivity index is 3.15. The number of benzene rings is 1. The molecule has 0 amide bonds. The lowest BCUT2D eigenvalue weighted by Gasteiger charge is -2.16. The van der Waals surface area contributed by atoms with E-state index in [0.29, 0.717) is 0 Å². The highest BCUT2D eigenvalue weighted by Gasteiger charge is 2.17. The average molecular weight is 200 g/mol. The summed E-state index contributed by atoms with van der Waals surface area (Å²) in [6.45, 7) is 4.73. The standard InChI is InChI=1S/C11H14F2O/c1-6-4-11(13)9(5-10(6)12)7(2)8(3)14/h4-5,7-8,14H,1-3H3. The molecule has 0 aromatic heterocycles. The van der Waals surface area contributed by atoms with Gasteiger partial charge in [-0.1, -0.05) is 6.92 Å². The number of halogens is 2. The van der Waals surface area contributed by atoms with Crippen molar-refractivity contribution in [2.45, 2.75) is 32.8 Å². The summed E-state index contributed by atoms with van der Waals surface area (Å²) in [5, 5.41) is 9.27. The Bertz CT molecular complexity index is 334. The molecule has 0 heterocycles. The van der Waals surface area contributed by atoms with Gasteiger partial charge in [0.1, 0.15) is 11.6 Å². The summed E-state index contributed by atoms with van der Waals surface area (Å²) < 4.78 is 26.5. The lowest BCUT2D eigenvalue weighted by Crippen LogP contribution is -2.13. The minimum absolute atomic E-state index is 0.225. The molecule has 14 heavy (non-hydrogen) atoms. The Labute approximate surface area is 82.4 Å². The molecule has 1 nitrogen and oxygen atoms in total. The second-order valence-corrected chi connectivity index (χ2v) is 3.65. The second-order valence-electron chi connectivity index (χ2n) is 3.65. The fraction of sp³-hybridized carbons (Fsp3) is 0.455. The molecule has 0 aliphatic carbocycles. The summed E-state index contributed by atoms with van der Waals surface area (Å²) in [6.07, 6.45) is -0.688. The number of aliphatic hydroxyl groups excluding tert-OH is 1. The largest absolute Gasteiger partial charge is 0.393 e. The van der Waals surface area contributed by atoms with E-state index in [-0.39, 0.29) is 11.1 Å². The van der Waals surface area contributed by atoms with Crippen molar-refractivity contribution in [1.82, 2.24) is 0 Å². The van der Waals surface area contributed by atoms with E-state index in [0.717, 1.165) is 12.1 Å². The van der Waals surface area contributed by atoms with Gasteiger partial charge in [0, 0.05) is 5.92 Å². The SMILES string of the molecule is Cc1cc(F)c(C(C)C(C)O)cc1F. The summed E-state index contributed by atoms with van der Waals surface area (Å²) in [5.41, 5.74) is 0.507. The first-order valence-electron chi connectivity index (χ1n) is 4.57. The maximum Gasteiger partial charge on any atom is 0.127 e. The second kappa shape index (κ2) is 4.05. The van der Waals surface area contributed by atoms with E-state index in [1.165, 1.54) is 6.92 Å². The van der Waals surface area contributed by atoms with Crippen LogP contribution in [-0.4, -0.2) is 11.2 Å². The van der Waals surface area contributed by atoms with Gasteiger partial charge < -0.3 is 5.11 Å². The van der Waals surface area contributed by atoms with Crippen molar-refractivity contribution < 1.29 is 13.9 Å². The van der Waals surface area contributed by atoms with Crippen LogP contribution < -0.4 is 0 Å². The normalized spacial score (nSPS) is 15.3. The van der Waals surface area contributed by atoms with E-state index in [1.807, 2.05) is 0 Å². The van der Waals surface area contributed by atoms with E-state index in [2.05, 4.69) is 0 Å². The first-order chi connectivity index (χ1) is 6.43. The van der Waals surface area contributed by atoms with Crippen LogP contribution in [0.15, 0.2) is 12.1 Å². The van der Waals surface area contributed by atoms with Crippen LogP contribution in [0.2, 0.25) is 0 Å². The summed E-state index contributed by atoms with van der Waals surface area (Å²) >= 11 is 0. The third-order valence-corrected chi connectivity index (χ3v) is 2.49. The molecule has 0 bridgehead atoms. The van der Waals surface area contributed by atoms with Crippen LogP contribution in [0.1, 0.15) is 30.9 Å². The molecule has 1 rings (SSSR count). The monoisotopic (exact) mass is 200 g/mol. The van der Waals surface area contributed by atoms with Gasteiger partial charge in [0.2, 0.25) is 0 Å². The van der Waals surface area contributed by atoms with Crippen LogP contribution in [0.4, 0.5) is 8.78 Å². The van der Waals surface area contributed by atoms with Crippen LogP contribution >= 0.6 is 0 Å². The Morgan fingerprint density at radius 2 is 1.71 bits per heavy atom. The van der Waals surface area contributed by atoms with E-state index in [1.54, 1.807) is 13.8 Å². The number of hydrogen-bond acceptors (Lipinski definition) is 1. The van der Waals surface area contributed by atoms with Crippen molar-refractivity contribution in [2.24, 2.45) is 0 Å². The number of hydrogen-bond donors (Lipinski definition) is 1. The van der Waals surface area contributed by atoms with E-state index >= 15 is 0 Å². The van der Waals surface area contributed by atoms with Crippen LogP contribution in [0.3, 0.4) is 0 Å². The van der Waals surface area contributed by atoms with Gasteiger partial charge in [0.15, 0.2) is 0 Å². The van der Waals surface area contributed by atoms with Gasteiger partial charge >= 0.3 is 0 Å². The molecule has 78 valence electrons. The highest BCUT2D eigenvalue weighted by molar-refractivity contribution is 5.28. The van der Waals surface area contributed by atoms with Crippen molar-refractivity contribution in [1.29, 1.82) is 0 Å². The molecule has 1 aromatic rings. The van der Waals surface area contributed by atoms with Crippen molar-refractivity contribution >= 4 is 0 Å². The molecular weight excluding hydrogens is 186 g/mol. The minimum Gasteiger partial charge on any atom is -0.393 e. The van der Waals surface area contributed by atoms with E-state index < -0.39 is 23.7 Å². The summed E-state index contributed by atoms with van der Waals surface area (Å²) in [7, 11) is 0. The zero-order chi connectivity index (χ0) is 10.9. The zero-order valence-corrected chi connectivity index (χ0v) is 8.51. The highest BCUT2D eigenvalue weighted by Crippen LogP contribution is 2.24. The lowest BCUT2D eigenvalue weighted by molar-refractivity contribution is 0.167. The van der Waals surface area contributed by atoms with Gasteiger partial charge in [0.05, 0.1) is 6.10 Å². The summed E-state index contributed by atoms with van der Waals surface area (Å²) in [5.74, 6) is -1.30. The fourth-order valence-corrected chi connectivity index (χ4v) is 1.27. The van der Waals surface area contributed by atoms with Gasteiger partial charge in [-0.05, 0) is 37.1 Å². The number of aryl methyl sites for hydroxylation is 1. The molecular formula is C11H14F2O. The number of rotatable bonds is 2. The third-order valence-electron chi connectivity index (χ3n) is 2.49. The molecule has 0 saturated carbocycles. The molecule has 2 unspecified atom stereocenters. The molecule has 0 spiro atoms. The minimum atomic E-state index is -0.688. The van der Waals surface area contributed by atoms with Crippen LogP contribution in [-0.2, 0) is 0 Å². The molecule has 0 aliphatic rings. The van der Waals surface area contributed by atoms with Crippen molar-refractivity contribution in [2.75, 3.05) is 0 Å². The first kappa shape index (κ1) is 11.1. The van der Waals surface area contributed by atoms with Crippen molar-refractivity contribution in [3.05, 3.63) is 34.9 Å². The van der Waals surface area contributed by atoms with Crippen LogP contribution in [0.25, 0.3) is 0 Å². The maximum absolute atomic E-state index is 13.4. The molecule has 0 fully saturated rings. The van der Waals surface area contributed by atoms with E-state index in [9.17, 15) is 13.9 Å². The van der Waals surface area contributed by atoms with Gasteiger partial charge in [-0.3, -0.25) is 0 Å². The molecule has 0 aliphatic heterocycles. The Morgan fingerprint density at radius 3 is 2.21 bits per heavy atom. The fourth-order valence-electron chi connectivity index (χ4n) is 1.27.